The van der Waals surface area contributed by atoms with E-state index in [0.717, 1.165) is 16.5 Å². The molecule has 0 aliphatic heterocycles. The Kier molecular flexibility index (Phi) is 6.42. The number of benzene rings is 2. The van der Waals surface area contributed by atoms with Crippen LogP contribution in [0, 0.1) is 0 Å². The quantitative estimate of drug-likeness (QED) is 0.842. The molecule has 0 saturated heterocycles. The largest absolute Gasteiger partial charge is 0.496 e. The highest BCUT2D eigenvalue weighted by atomic mass is 35.5. The average Bonchev–Trinajstić information content (AvgIpc) is 2.50. The number of nitrogens with one attached hydrogen (secondary N) is 1. The van der Waals surface area contributed by atoms with Crippen molar-refractivity contribution in [1.29, 1.82) is 0 Å². The van der Waals surface area contributed by atoms with Gasteiger partial charge in [-0.1, -0.05) is 12.1 Å². The maximum absolute atomic E-state index is 12.6. The number of carbonyl (C=O) groups is 1. The fourth-order valence-electron chi connectivity index (χ4n) is 2.37. The number of Topliss-reactive ketones (excluding diaryl/α,β-unsaturated/α-hetero) is 1. The van der Waals surface area contributed by atoms with E-state index in [0.29, 0.717) is 11.3 Å². The number of ether oxygens (including phenoxy) is 2. The van der Waals surface area contributed by atoms with Gasteiger partial charge in [-0.2, -0.15) is 0 Å². The lowest BCUT2D eigenvalue weighted by atomic mass is 9.99. The van der Waals surface area contributed by atoms with Gasteiger partial charge in [-0.15, -0.1) is 12.4 Å². The van der Waals surface area contributed by atoms with E-state index in [9.17, 15) is 4.79 Å². The minimum absolute atomic E-state index is 0. The number of hydrogen-bond donors (Lipinski definition) is 1. The monoisotopic (exact) mass is 337 g/mol. The van der Waals surface area contributed by atoms with Gasteiger partial charge in [-0.3, -0.25) is 4.79 Å². The van der Waals surface area contributed by atoms with Crippen LogP contribution < -0.4 is 14.8 Å². The number of halogens is 1. The third kappa shape index (κ3) is 4.36. The van der Waals surface area contributed by atoms with Crippen LogP contribution in [-0.4, -0.2) is 32.1 Å². The van der Waals surface area contributed by atoms with Gasteiger partial charge in [0.25, 0.3) is 0 Å². The molecule has 2 aromatic carbocycles. The van der Waals surface area contributed by atoms with Crippen LogP contribution in [0.25, 0.3) is 10.8 Å². The minimum Gasteiger partial charge on any atom is -0.496 e. The molecule has 0 spiro atoms. The van der Waals surface area contributed by atoms with E-state index in [1.807, 2.05) is 45.0 Å². The zero-order valence-electron chi connectivity index (χ0n) is 14.2. The zero-order valence-corrected chi connectivity index (χ0v) is 15.0. The van der Waals surface area contributed by atoms with E-state index in [-0.39, 0.29) is 30.3 Å². The first-order chi connectivity index (χ1) is 10.4. The molecule has 126 valence electrons. The molecule has 4 nitrogen and oxygen atoms in total. The molecule has 0 amide bonds. The molecule has 0 atom stereocenters. The molecule has 0 aliphatic carbocycles. The van der Waals surface area contributed by atoms with Gasteiger partial charge in [-0.05, 0) is 39.0 Å². The van der Waals surface area contributed by atoms with Crippen molar-refractivity contribution >= 4 is 29.0 Å². The summed E-state index contributed by atoms with van der Waals surface area (Å²) in [4.78, 5) is 12.6. The van der Waals surface area contributed by atoms with Crippen LogP contribution in [0.5, 0.6) is 11.5 Å². The maximum atomic E-state index is 12.6. The van der Waals surface area contributed by atoms with Crippen molar-refractivity contribution in [2.24, 2.45) is 0 Å². The van der Waals surface area contributed by atoms with Crippen LogP contribution >= 0.6 is 12.4 Å². The summed E-state index contributed by atoms with van der Waals surface area (Å²) in [6, 6.07) is 9.31. The maximum Gasteiger partial charge on any atom is 0.177 e. The molecule has 0 saturated carbocycles. The molecular weight excluding hydrogens is 314 g/mol. The predicted octanol–water partition coefficient (Wildman–Crippen LogP) is 3.85. The first-order valence-corrected chi connectivity index (χ1v) is 7.29. The van der Waals surface area contributed by atoms with Gasteiger partial charge in [0.1, 0.15) is 11.5 Å². The number of ketones is 1. The Morgan fingerprint density at radius 2 is 1.70 bits per heavy atom. The summed E-state index contributed by atoms with van der Waals surface area (Å²) in [5.41, 5.74) is 0.534. The molecule has 5 heteroatoms. The van der Waals surface area contributed by atoms with Crippen LogP contribution in [0.3, 0.4) is 0 Å². The van der Waals surface area contributed by atoms with Crippen molar-refractivity contribution in [2.45, 2.75) is 26.3 Å². The Morgan fingerprint density at radius 3 is 2.26 bits per heavy atom. The summed E-state index contributed by atoms with van der Waals surface area (Å²) in [5, 5.41) is 4.90. The summed E-state index contributed by atoms with van der Waals surface area (Å²) >= 11 is 0. The van der Waals surface area contributed by atoms with Crippen LogP contribution in [0.1, 0.15) is 31.1 Å². The van der Waals surface area contributed by atoms with Crippen molar-refractivity contribution < 1.29 is 14.3 Å². The van der Waals surface area contributed by atoms with Gasteiger partial charge in [0.15, 0.2) is 5.78 Å². The molecule has 0 heterocycles. The summed E-state index contributed by atoms with van der Waals surface area (Å²) in [7, 11) is 3.23. The second-order valence-electron chi connectivity index (χ2n) is 6.22. The van der Waals surface area contributed by atoms with Gasteiger partial charge >= 0.3 is 0 Å². The molecule has 0 aromatic heterocycles. The molecular formula is C18H24ClNO3. The first-order valence-electron chi connectivity index (χ1n) is 7.29. The SMILES string of the molecule is COc1ccc(C(=O)CNC(C)(C)C)c2c(OC)cccc12.Cl. The van der Waals surface area contributed by atoms with Crippen molar-refractivity contribution in [3.8, 4) is 11.5 Å². The van der Waals surface area contributed by atoms with Gasteiger partial charge in [0.05, 0.1) is 20.8 Å². The Morgan fingerprint density at radius 1 is 1.04 bits per heavy atom. The van der Waals surface area contributed by atoms with E-state index in [2.05, 4.69) is 5.32 Å². The Labute approximate surface area is 143 Å². The number of fused-ring (bicyclic) bond motifs is 1. The lowest BCUT2D eigenvalue weighted by Gasteiger charge is -2.20. The third-order valence-electron chi connectivity index (χ3n) is 3.48. The number of carbonyl (C=O) groups excluding carboxylic acids is 1. The normalized spacial score (nSPS) is 11.0. The summed E-state index contributed by atoms with van der Waals surface area (Å²) in [6.45, 7) is 6.38. The lowest BCUT2D eigenvalue weighted by molar-refractivity contribution is 0.0983. The highest BCUT2D eigenvalue weighted by molar-refractivity contribution is 6.12. The summed E-state index contributed by atoms with van der Waals surface area (Å²) < 4.78 is 10.8. The average molecular weight is 338 g/mol. The van der Waals surface area contributed by atoms with Crippen LogP contribution in [0.4, 0.5) is 0 Å². The van der Waals surface area contributed by atoms with Crippen molar-refractivity contribution in [3.05, 3.63) is 35.9 Å². The van der Waals surface area contributed by atoms with Gasteiger partial charge in [0.2, 0.25) is 0 Å². The highest BCUT2D eigenvalue weighted by Gasteiger charge is 2.18. The van der Waals surface area contributed by atoms with Crippen molar-refractivity contribution in [3.63, 3.8) is 0 Å². The van der Waals surface area contributed by atoms with Crippen LogP contribution in [0.2, 0.25) is 0 Å². The molecule has 2 aromatic rings. The second kappa shape index (κ2) is 7.66. The van der Waals surface area contributed by atoms with E-state index >= 15 is 0 Å². The molecule has 2 rings (SSSR count). The van der Waals surface area contributed by atoms with Gasteiger partial charge < -0.3 is 14.8 Å². The minimum atomic E-state index is -0.109. The predicted molar refractivity (Wildman–Crippen MR) is 96.4 cm³/mol. The highest BCUT2D eigenvalue weighted by Crippen LogP contribution is 2.35. The Balaban J connectivity index is 0.00000264. The van der Waals surface area contributed by atoms with Crippen LogP contribution in [-0.2, 0) is 0 Å². The zero-order chi connectivity index (χ0) is 16.3. The molecule has 0 bridgehead atoms. The molecule has 23 heavy (non-hydrogen) atoms. The summed E-state index contributed by atoms with van der Waals surface area (Å²) in [6.07, 6.45) is 0. The van der Waals surface area contributed by atoms with Crippen molar-refractivity contribution in [1.82, 2.24) is 5.32 Å². The standard InChI is InChI=1S/C18H23NO3.ClH/c1-18(2,3)19-11-14(20)12-9-10-15(21-4)13-7-6-8-16(22-5)17(12)13;/h6-10,19H,11H2,1-5H3;1H. The number of methoxy groups -OCH3 is 2. The van der Waals surface area contributed by atoms with Gasteiger partial charge in [0, 0.05) is 21.9 Å². The third-order valence-corrected chi connectivity index (χ3v) is 3.48. The molecule has 0 fully saturated rings. The lowest BCUT2D eigenvalue weighted by Crippen LogP contribution is -2.39. The topological polar surface area (TPSA) is 47.6 Å². The molecule has 1 N–H and O–H groups in total. The molecule has 0 radical (unpaired) electrons. The van der Waals surface area contributed by atoms with Crippen LogP contribution in [0.15, 0.2) is 30.3 Å². The summed E-state index contributed by atoms with van der Waals surface area (Å²) in [5.74, 6) is 1.44. The molecule has 0 unspecified atom stereocenters. The molecule has 0 aliphatic rings. The first kappa shape index (κ1) is 19.3. The van der Waals surface area contributed by atoms with E-state index in [4.69, 9.17) is 9.47 Å². The fraction of sp³-hybridized carbons (Fsp3) is 0.389. The van der Waals surface area contributed by atoms with E-state index in [1.165, 1.54) is 0 Å². The Bertz CT molecular complexity index is 692. The second-order valence-corrected chi connectivity index (χ2v) is 6.22. The fourth-order valence-corrected chi connectivity index (χ4v) is 2.37. The van der Waals surface area contributed by atoms with E-state index < -0.39 is 0 Å². The number of rotatable bonds is 5. The Hall–Kier alpha value is -1.78. The van der Waals surface area contributed by atoms with Crippen molar-refractivity contribution in [2.75, 3.05) is 20.8 Å². The number of hydrogen-bond acceptors (Lipinski definition) is 4. The van der Waals surface area contributed by atoms with Gasteiger partial charge in [-0.25, -0.2) is 0 Å². The van der Waals surface area contributed by atoms with E-state index in [1.54, 1.807) is 20.3 Å². The smallest absolute Gasteiger partial charge is 0.177 e.